The third-order valence-corrected chi connectivity index (χ3v) is 0.107. The molecule has 0 fully saturated rings. The lowest BCUT2D eigenvalue weighted by Gasteiger charge is -1.62. The van der Waals surface area contributed by atoms with Crippen molar-refractivity contribution in [1.29, 1.82) is 5.26 Å². The first kappa shape index (κ1) is 4.44. The Morgan fingerprint density at radius 1 is 2.00 bits per heavy atom. The fourth-order valence-electron chi connectivity index (χ4n) is 0. The number of hydrogen-bond donors (Lipinski definition) is 1. The van der Waals surface area contributed by atoms with Gasteiger partial charge in [-0.2, -0.15) is 0 Å². The monoisotopic (exact) mass is 73.0 g/mol. The normalized spacial score (nSPS) is 5.80. The lowest BCUT2D eigenvalue weighted by Crippen LogP contribution is -1.96. The van der Waals surface area contributed by atoms with Crippen LogP contribution in [0.3, 0.4) is 0 Å². The van der Waals surface area contributed by atoms with Gasteiger partial charge in [0.15, 0.2) is 0 Å². The lowest BCUT2D eigenvalue weighted by atomic mass is 10.0. The van der Waals surface area contributed by atoms with Crippen LogP contribution in [-0.2, 0) is 0 Å². The summed E-state index contributed by atoms with van der Waals surface area (Å²) < 4.78 is 10.6. The number of hydrogen-bond acceptors (Lipinski definition) is 2. The van der Waals surface area contributed by atoms with Crippen molar-refractivity contribution in [3.63, 3.8) is 0 Å². The minimum Gasteiger partial charge on any atom is -0.412 e. The van der Waals surface area contributed by atoms with Crippen LogP contribution in [-0.4, -0.2) is 12.2 Å². The summed E-state index contributed by atoms with van der Waals surface area (Å²) in [5, 5.41) is 14.6. The Balaban J connectivity index is 2.94. The summed E-state index contributed by atoms with van der Waals surface area (Å²) in [6.07, 6.45) is 0. The van der Waals surface area contributed by atoms with Crippen molar-refractivity contribution in [2.24, 2.45) is 0 Å². The van der Waals surface area contributed by atoms with Crippen LogP contribution >= 0.6 is 0 Å². The first-order valence-corrected chi connectivity index (χ1v) is 0.989. The van der Waals surface area contributed by atoms with Gasteiger partial charge in [0.2, 0.25) is 0 Å². The number of nitriles is 1. The van der Waals surface area contributed by atoms with E-state index >= 15 is 0 Å². The highest BCUT2D eigenvalue weighted by molar-refractivity contribution is 6.51. The van der Waals surface area contributed by atoms with E-state index in [1.165, 1.54) is 0 Å². The molecule has 26 valence electrons. The van der Waals surface area contributed by atoms with E-state index in [4.69, 9.17) is 10.3 Å². The molecule has 5 heavy (non-hydrogen) atoms. The predicted octanol–water partition coefficient (Wildman–Crippen LogP) is -0.501. The summed E-state index contributed by atoms with van der Waals surface area (Å²) in [6.45, 7) is 0. The molecule has 0 aromatic heterocycles. The molecule has 0 saturated carbocycles. The van der Waals surface area contributed by atoms with Crippen molar-refractivity contribution in [3.05, 3.63) is 0 Å². The average molecular weight is 72.8 g/mol. The smallest absolute Gasteiger partial charge is 0.412 e. The van der Waals surface area contributed by atoms with Gasteiger partial charge in [-0.25, -0.2) is 5.26 Å². The van der Waals surface area contributed by atoms with E-state index in [1.807, 2.05) is 0 Å². The largest absolute Gasteiger partial charge is 0.614 e. The molecule has 0 aliphatic rings. The Labute approximate surface area is 29.0 Å². The summed E-state index contributed by atoms with van der Waals surface area (Å²) in [6, 6.07) is 0. The summed E-state index contributed by atoms with van der Waals surface area (Å²) >= 11 is 0. The highest BCUT2D eigenvalue weighted by atomic mass is 19.1. The molecular weight excluding hydrogens is 71.8 g/mol. The molecule has 0 saturated heterocycles. The van der Waals surface area contributed by atoms with Crippen LogP contribution in [0.5, 0.6) is 0 Å². The second kappa shape index (κ2) is 1.74. The molecule has 0 heterocycles. The van der Waals surface area contributed by atoms with Gasteiger partial charge in [0.05, 0.1) is 5.97 Å². The fraction of sp³-hybridized carbons (Fsp3) is 0. The van der Waals surface area contributed by atoms with Crippen LogP contribution in [0.25, 0.3) is 0 Å². The van der Waals surface area contributed by atoms with Crippen LogP contribution in [0.15, 0.2) is 0 Å². The van der Waals surface area contributed by atoms with Gasteiger partial charge in [0.1, 0.15) is 0 Å². The quantitative estimate of drug-likeness (QED) is 0.392. The molecule has 1 N–H and O–H groups in total. The van der Waals surface area contributed by atoms with E-state index < -0.39 is 7.19 Å². The SMILES string of the molecule is N#CB(O)F. The summed E-state index contributed by atoms with van der Waals surface area (Å²) in [5.41, 5.74) is 0. The number of rotatable bonds is 0. The van der Waals surface area contributed by atoms with E-state index in [2.05, 4.69) is 0 Å². The fourth-order valence-corrected chi connectivity index (χ4v) is 0. The maximum absolute atomic E-state index is 10.6. The topological polar surface area (TPSA) is 44.0 Å². The van der Waals surface area contributed by atoms with Crippen molar-refractivity contribution >= 4 is 7.19 Å². The van der Waals surface area contributed by atoms with Crippen LogP contribution in [0, 0.1) is 11.2 Å². The molecule has 2 nitrogen and oxygen atoms in total. The second-order valence-electron chi connectivity index (χ2n) is 0.465. The van der Waals surface area contributed by atoms with Gasteiger partial charge in [0.25, 0.3) is 0 Å². The Kier molecular flexibility index (Phi) is 1.54. The molecule has 0 aromatic rings. The van der Waals surface area contributed by atoms with Gasteiger partial charge in [-0.3, -0.25) is 4.32 Å². The van der Waals surface area contributed by atoms with Crippen molar-refractivity contribution in [3.8, 4) is 5.97 Å². The standard InChI is InChI=1S/CHBFNO/c3-2(5)1-4/h5H. The van der Waals surface area contributed by atoms with Crippen molar-refractivity contribution in [2.45, 2.75) is 0 Å². The van der Waals surface area contributed by atoms with Crippen molar-refractivity contribution in [2.75, 3.05) is 0 Å². The van der Waals surface area contributed by atoms with Crippen molar-refractivity contribution in [1.82, 2.24) is 0 Å². The maximum atomic E-state index is 10.6. The lowest BCUT2D eigenvalue weighted by molar-refractivity contribution is 0.515. The zero-order chi connectivity index (χ0) is 4.28. The number of nitrogens with zero attached hydrogens (tertiary/aromatic N) is 1. The molecule has 0 aromatic carbocycles. The molecule has 0 aliphatic heterocycles. The first-order valence-electron chi connectivity index (χ1n) is 0.989. The highest BCUT2D eigenvalue weighted by Crippen LogP contribution is 1.65. The van der Waals surface area contributed by atoms with E-state index in [-0.39, 0.29) is 0 Å². The Morgan fingerprint density at radius 2 is 2.20 bits per heavy atom. The Hall–Kier alpha value is -0.555. The zero-order valence-corrected chi connectivity index (χ0v) is 2.35. The van der Waals surface area contributed by atoms with Gasteiger partial charge in [-0.15, -0.1) is 0 Å². The molecule has 0 radical (unpaired) electrons. The molecule has 0 bridgehead atoms. The molecule has 4 heteroatoms. The zero-order valence-electron chi connectivity index (χ0n) is 2.35. The number of halogens is 1. The van der Waals surface area contributed by atoms with Crippen molar-refractivity contribution < 1.29 is 9.34 Å². The summed E-state index contributed by atoms with van der Waals surface area (Å²) in [7, 11) is -2.31. The molecule has 0 amide bonds. The van der Waals surface area contributed by atoms with Crippen LogP contribution < -0.4 is 0 Å². The molecule has 0 aliphatic carbocycles. The first-order chi connectivity index (χ1) is 2.27. The summed E-state index contributed by atoms with van der Waals surface area (Å²) in [5.74, 6) is 0.917. The Bertz CT molecular complexity index is 57.2. The third kappa shape index (κ3) is 3.44. The van der Waals surface area contributed by atoms with Gasteiger partial charge in [0, 0.05) is 0 Å². The molecule has 0 unspecified atom stereocenters. The minimum absolute atomic E-state index is 0.917. The van der Waals surface area contributed by atoms with Crippen LogP contribution in [0.2, 0.25) is 0 Å². The third-order valence-electron chi connectivity index (χ3n) is 0.107. The van der Waals surface area contributed by atoms with E-state index in [0.29, 0.717) is 0 Å². The maximum Gasteiger partial charge on any atom is 0.614 e. The predicted molar refractivity (Wildman–Crippen MR) is 14.7 cm³/mol. The highest BCUT2D eigenvalue weighted by Gasteiger charge is 2.02. The van der Waals surface area contributed by atoms with Crippen LogP contribution in [0.1, 0.15) is 0 Å². The van der Waals surface area contributed by atoms with Gasteiger partial charge >= 0.3 is 7.19 Å². The van der Waals surface area contributed by atoms with E-state index in [1.54, 1.807) is 0 Å². The van der Waals surface area contributed by atoms with Gasteiger partial charge in [-0.1, -0.05) is 0 Å². The molecule has 0 spiro atoms. The van der Waals surface area contributed by atoms with Gasteiger partial charge < -0.3 is 5.02 Å². The molecule has 0 rings (SSSR count). The van der Waals surface area contributed by atoms with Crippen LogP contribution in [0.4, 0.5) is 4.32 Å². The Morgan fingerprint density at radius 3 is 2.20 bits per heavy atom. The van der Waals surface area contributed by atoms with Gasteiger partial charge in [-0.05, 0) is 0 Å². The summed E-state index contributed by atoms with van der Waals surface area (Å²) in [4.78, 5) is 0. The molecule has 0 atom stereocenters. The molecular formula is CHBFNO. The second-order valence-corrected chi connectivity index (χ2v) is 0.465. The van der Waals surface area contributed by atoms with E-state index in [0.717, 1.165) is 5.97 Å². The minimum atomic E-state index is -2.31. The van der Waals surface area contributed by atoms with E-state index in [9.17, 15) is 4.32 Å². The average Bonchev–Trinajstić information content (AvgIpc) is 1.38.